The maximum Gasteiger partial charge on any atom is 0.0737 e. The summed E-state index contributed by atoms with van der Waals surface area (Å²) in [6, 6.07) is 21.8. The number of nitrogens with one attached hydrogen (secondary N) is 1. The van der Waals surface area contributed by atoms with Gasteiger partial charge in [-0.1, -0.05) is 114 Å². The van der Waals surface area contributed by atoms with Crippen LogP contribution in [0.5, 0.6) is 0 Å². The molecule has 2 aromatic carbocycles. The normalized spacial score (nSPS) is 29.7. The van der Waals surface area contributed by atoms with Crippen molar-refractivity contribution in [3.8, 4) is 0 Å². The summed E-state index contributed by atoms with van der Waals surface area (Å²) in [5, 5.41) is 16.2. The monoisotopic (exact) mass is 393 g/mol. The molecule has 158 valence electrons. The van der Waals surface area contributed by atoms with Gasteiger partial charge >= 0.3 is 0 Å². The van der Waals surface area contributed by atoms with E-state index in [0.29, 0.717) is 0 Å². The standard InChI is InChI=1S/C27H39NO/c1-4-6-7-14-20-27(29)21(3)25(22-16-10-8-11-17-22)28-26(24(27)15-5-2)23-18-12-9-13-19-23/h8-13,16-19,21,24-26,28-29H,4-7,14-15,20H2,1-3H3/t21-,24+,25-,26-,27-/m1/s1. The van der Waals surface area contributed by atoms with Crippen molar-refractivity contribution in [3.05, 3.63) is 71.8 Å². The first kappa shape index (κ1) is 22.1. The number of aliphatic hydroxyl groups is 1. The van der Waals surface area contributed by atoms with Crippen LogP contribution in [0.1, 0.15) is 88.9 Å². The Labute approximate surface area is 177 Å². The predicted molar refractivity (Wildman–Crippen MR) is 123 cm³/mol. The van der Waals surface area contributed by atoms with Gasteiger partial charge in [0, 0.05) is 23.9 Å². The second-order valence-corrected chi connectivity index (χ2v) is 8.93. The lowest BCUT2D eigenvalue weighted by Gasteiger charge is -2.53. The third-order valence-corrected chi connectivity index (χ3v) is 7.04. The Morgan fingerprint density at radius 1 is 0.793 bits per heavy atom. The molecule has 2 heteroatoms. The first-order chi connectivity index (χ1) is 14.1. The van der Waals surface area contributed by atoms with Gasteiger partial charge < -0.3 is 10.4 Å². The van der Waals surface area contributed by atoms with E-state index in [1.54, 1.807) is 0 Å². The van der Waals surface area contributed by atoms with Crippen molar-refractivity contribution in [2.75, 3.05) is 0 Å². The van der Waals surface area contributed by atoms with Gasteiger partial charge in [-0.3, -0.25) is 0 Å². The highest BCUT2D eigenvalue weighted by molar-refractivity contribution is 5.28. The fourth-order valence-corrected chi connectivity index (χ4v) is 5.38. The highest BCUT2D eigenvalue weighted by Gasteiger charge is 2.52. The Hall–Kier alpha value is -1.64. The van der Waals surface area contributed by atoms with Crippen LogP contribution in [0.3, 0.4) is 0 Å². The summed E-state index contributed by atoms with van der Waals surface area (Å²) in [5.41, 5.74) is 1.92. The van der Waals surface area contributed by atoms with Gasteiger partial charge in [-0.15, -0.1) is 0 Å². The van der Waals surface area contributed by atoms with Gasteiger partial charge in [-0.25, -0.2) is 0 Å². The lowest BCUT2D eigenvalue weighted by Crippen LogP contribution is -2.58. The molecular weight excluding hydrogens is 354 g/mol. The molecule has 2 N–H and O–H groups in total. The van der Waals surface area contributed by atoms with Crippen molar-refractivity contribution in [1.82, 2.24) is 5.32 Å². The fraction of sp³-hybridized carbons (Fsp3) is 0.556. The molecule has 3 rings (SSSR count). The highest BCUT2D eigenvalue weighted by atomic mass is 16.3. The van der Waals surface area contributed by atoms with Gasteiger partial charge in [0.05, 0.1) is 5.60 Å². The van der Waals surface area contributed by atoms with Crippen LogP contribution in [0.2, 0.25) is 0 Å². The molecule has 0 aliphatic carbocycles. The van der Waals surface area contributed by atoms with Crippen molar-refractivity contribution in [1.29, 1.82) is 0 Å². The van der Waals surface area contributed by atoms with Gasteiger partial charge in [0.1, 0.15) is 0 Å². The lowest BCUT2D eigenvalue weighted by molar-refractivity contribution is -0.126. The summed E-state index contributed by atoms with van der Waals surface area (Å²) in [5.74, 6) is 0.398. The number of unbranched alkanes of at least 4 members (excludes halogenated alkanes) is 3. The Bertz CT molecular complexity index is 716. The molecule has 1 heterocycles. The van der Waals surface area contributed by atoms with Crippen molar-refractivity contribution in [2.24, 2.45) is 11.8 Å². The van der Waals surface area contributed by atoms with Gasteiger partial charge in [0.2, 0.25) is 0 Å². The van der Waals surface area contributed by atoms with Crippen LogP contribution in [0.15, 0.2) is 60.7 Å². The molecule has 1 fully saturated rings. The van der Waals surface area contributed by atoms with Crippen LogP contribution in [-0.4, -0.2) is 10.7 Å². The third-order valence-electron chi connectivity index (χ3n) is 7.04. The minimum Gasteiger partial charge on any atom is -0.389 e. The molecule has 0 spiro atoms. The molecule has 0 aromatic heterocycles. The van der Waals surface area contributed by atoms with E-state index in [4.69, 9.17) is 0 Å². The van der Waals surface area contributed by atoms with Crippen LogP contribution < -0.4 is 5.32 Å². The molecular formula is C27H39NO. The average molecular weight is 394 g/mol. The van der Waals surface area contributed by atoms with E-state index in [1.807, 2.05) is 0 Å². The van der Waals surface area contributed by atoms with E-state index in [9.17, 15) is 5.11 Å². The molecule has 29 heavy (non-hydrogen) atoms. The van der Waals surface area contributed by atoms with Crippen molar-refractivity contribution >= 4 is 0 Å². The quantitative estimate of drug-likeness (QED) is 0.458. The molecule has 1 aliphatic heterocycles. The zero-order valence-corrected chi connectivity index (χ0v) is 18.5. The summed E-state index contributed by atoms with van der Waals surface area (Å²) in [4.78, 5) is 0. The zero-order chi connectivity index (χ0) is 20.7. The van der Waals surface area contributed by atoms with Crippen LogP contribution in [0.25, 0.3) is 0 Å². The molecule has 5 atom stereocenters. The van der Waals surface area contributed by atoms with Gasteiger partial charge in [-0.2, -0.15) is 0 Å². The predicted octanol–water partition coefficient (Wildman–Crippen LogP) is 6.83. The number of benzene rings is 2. The van der Waals surface area contributed by atoms with E-state index in [0.717, 1.165) is 25.7 Å². The zero-order valence-electron chi connectivity index (χ0n) is 18.5. The van der Waals surface area contributed by atoms with Gasteiger partial charge in [-0.05, 0) is 24.0 Å². The van der Waals surface area contributed by atoms with E-state index < -0.39 is 5.60 Å². The summed E-state index contributed by atoms with van der Waals surface area (Å²) in [6.07, 6.45) is 7.84. The summed E-state index contributed by atoms with van der Waals surface area (Å²) < 4.78 is 0. The maximum atomic E-state index is 12.3. The van der Waals surface area contributed by atoms with E-state index in [2.05, 4.69) is 86.8 Å². The Morgan fingerprint density at radius 2 is 1.38 bits per heavy atom. The summed E-state index contributed by atoms with van der Waals surface area (Å²) in [7, 11) is 0. The van der Waals surface area contributed by atoms with E-state index in [-0.39, 0.29) is 23.9 Å². The van der Waals surface area contributed by atoms with Crippen molar-refractivity contribution in [3.63, 3.8) is 0 Å². The Morgan fingerprint density at radius 3 is 1.93 bits per heavy atom. The molecule has 0 bridgehead atoms. The summed E-state index contributed by atoms with van der Waals surface area (Å²) in [6.45, 7) is 6.75. The average Bonchev–Trinajstić information content (AvgIpc) is 2.76. The van der Waals surface area contributed by atoms with Crippen molar-refractivity contribution in [2.45, 2.75) is 83.4 Å². The second kappa shape index (κ2) is 10.4. The SMILES string of the molecule is CCCCCC[C@@]1(O)[C@H](C)[C@H](c2ccccc2)N[C@H](c2ccccc2)[C@@H]1CCC. The largest absolute Gasteiger partial charge is 0.389 e. The molecule has 0 radical (unpaired) electrons. The van der Waals surface area contributed by atoms with Crippen LogP contribution in [0.4, 0.5) is 0 Å². The van der Waals surface area contributed by atoms with Crippen molar-refractivity contribution < 1.29 is 5.11 Å². The molecule has 1 aliphatic rings. The molecule has 0 unspecified atom stereocenters. The minimum atomic E-state index is -0.657. The topological polar surface area (TPSA) is 32.3 Å². The molecule has 2 aromatic rings. The molecule has 0 amide bonds. The minimum absolute atomic E-state index is 0.158. The second-order valence-electron chi connectivity index (χ2n) is 8.93. The summed E-state index contributed by atoms with van der Waals surface area (Å²) >= 11 is 0. The number of rotatable bonds is 9. The van der Waals surface area contributed by atoms with E-state index >= 15 is 0 Å². The Kier molecular flexibility index (Phi) is 7.91. The number of hydrogen-bond donors (Lipinski definition) is 2. The third kappa shape index (κ3) is 4.92. The van der Waals surface area contributed by atoms with Crippen LogP contribution in [-0.2, 0) is 0 Å². The van der Waals surface area contributed by atoms with Gasteiger partial charge in [0.15, 0.2) is 0 Å². The highest BCUT2D eigenvalue weighted by Crippen LogP contribution is 2.50. The van der Waals surface area contributed by atoms with Gasteiger partial charge in [0.25, 0.3) is 0 Å². The number of hydrogen-bond acceptors (Lipinski definition) is 2. The van der Waals surface area contributed by atoms with Crippen LogP contribution in [0, 0.1) is 11.8 Å². The Balaban J connectivity index is 1.98. The smallest absolute Gasteiger partial charge is 0.0737 e. The van der Waals surface area contributed by atoms with E-state index in [1.165, 1.54) is 30.4 Å². The maximum absolute atomic E-state index is 12.3. The van der Waals surface area contributed by atoms with Crippen LogP contribution >= 0.6 is 0 Å². The lowest BCUT2D eigenvalue weighted by atomic mass is 9.62. The molecule has 0 saturated carbocycles. The first-order valence-corrected chi connectivity index (χ1v) is 11.7. The molecule has 1 saturated heterocycles. The first-order valence-electron chi connectivity index (χ1n) is 11.7. The fourth-order valence-electron chi connectivity index (χ4n) is 5.38. The number of piperidine rings is 1. The molecule has 2 nitrogen and oxygen atoms in total.